The van der Waals surface area contributed by atoms with E-state index >= 15 is 0 Å². The maximum atomic E-state index is 6.18. The molecule has 0 atom stereocenters. The minimum atomic E-state index is 0.649. The molecule has 0 N–H and O–H groups in total. The van der Waals surface area contributed by atoms with Gasteiger partial charge in [-0.3, -0.25) is 5.01 Å². The van der Waals surface area contributed by atoms with Crippen molar-refractivity contribution < 1.29 is 0 Å². The number of hydrogen-bond donors (Lipinski definition) is 0. The van der Waals surface area contributed by atoms with E-state index in [4.69, 9.17) is 23.2 Å². The largest absolute Gasteiger partial charge is 0.260 e. The van der Waals surface area contributed by atoms with Gasteiger partial charge in [-0.25, -0.2) is 0 Å². The molecule has 18 heavy (non-hydrogen) atoms. The van der Waals surface area contributed by atoms with E-state index in [1.807, 2.05) is 29.4 Å². The highest BCUT2D eigenvalue weighted by Gasteiger charge is 2.15. The zero-order chi connectivity index (χ0) is 12.5. The first kappa shape index (κ1) is 11.6. The van der Waals surface area contributed by atoms with Crippen LogP contribution >= 0.6 is 23.2 Å². The Morgan fingerprint density at radius 1 is 1.06 bits per heavy atom. The lowest BCUT2D eigenvalue weighted by atomic mass is 10.1. The normalized spacial score (nSPS) is 13.6. The van der Waals surface area contributed by atoms with Gasteiger partial charge in [0.25, 0.3) is 0 Å². The molecule has 0 radical (unpaired) electrons. The summed E-state index contributed by atoms with van der Waals surface area (Å²) in [6.45, 7) is 0.701. The van der Waals surface area contributed by atoms with Crippen LogP contribution < -0.4 is 5.01 Å². The number of fused-ring (bicyclic) bond motifs is 1. The van der Waals surface area contributed by atoms with Gasteiger partial charge in [0.1, 0.15) is 0 Å². The van der Waals surface area contributed by atoms with E-state index in [9.17, 15) is 0 Å². The zero-order valence-electron chi connectivity index (χ0n) is 9.48. The van der Waals surface area contributed by atoms with Crippen LogP contribution in [0.1, 0.15) is 11.1 Å². The quantitative estimate of drug-likeness (QED) is 0.756. The molecular formula is C14H10Cl2N2. The summed E-state index contributed by atoms with van der Waals surface area (Å²) in [6, 6.07) is 13.6. The average molecular weight is 277 g/mol. The fourth-order valence-electron chi connectivity index (χ4n) is 1.97. The molecule has 0 saturated carbocycles. The van der Waals surface area contributed by atoms with Gasteiger partial charge in [0.05, 0.1) is 23.5 Å². The van der Waals surface area contributed by atoms with Gasteiger partial charge in [-0.05, 0) is 29.3 Å². The Kier molecular flexibility index (Phi) is 2.98. The molecule has 0 aliphatic carbocycles. The number of hydrogen-bond acceptors (Lipinski definition) is 2. The molecule has 0 unspecified atom stereocenters. The third-order valence-corrected chi connectivity index (χ3v) is 3.45. The molecule has 3 rings (SSSR count). The van der Waals surface area contributed by atoms with Gasteiger partial charge in [-0.15, -0.1) is 0 Å². The molecule has 0 bridgehead atoms. The summed E-state index contributed by atoms with van der Waals surface area (Å²) in [5, 5.41) is 7.57. The Hall–Kier alpha value is -1.51. The van der Waals surface area contributed by atoms with Crippen LogP contribution in [0.15, 0.2) is 47.6 Å². The lowest BCUT2D eigenvalue weighted by molar-refractivity contribution is 0.843. The van der Waals surface area contributed by atoms with E-state index in [1.54, 1.807) is 12.1 Å². The molecule has 2 aromatic carbocycles. The first-order valence-corrected chi connectivity index (χ1v) is 6.34. The summed E-state index contributed by atoms with van der Waals surface area (Å²) in [7, 11) is 0. The van der Waals surface area contributed by atoms with E-state index in [2.05, 4.69) is 17.2 Å². The number of benzene rings is 2. The van der Waals surface area contributed by atoms with Crippen LogP contribution in [0.25, 0.3) is 0 Å². The van der Waals surface area contributed by atoms with Gasteiger partial charge >= 0.3 is 0 Å². The van der Waals surface area contributed by atoms with Crippen LogP contribution in [-0.2, 0) is 6.54 Å². The molecule has 1 aliphatic rings. The number of hydrazone groups is 1. The van der Waals surface area contributed by atoms with E-state index in [1.165, 1.54) is 5.56 Å². The molecule has 0 spiro atoms. The second kappa shape index (κ2) is 4.63. The monoisotopic (exact) mass is 276 g/mol. The predicted octanol–water partition coefficient (Wildman–Crippen LogP) is 4.35. The molecule has 2 aromatic rings. The van der Waals surface area contributed by atoms with E-state index in [0.717, 1.165) is 11.3 Å². The highest BCUT2D eigenvalue weighted by atomic mass is 35.5. The van der Waals surface area contributed by atoms with Crippen molar-refractivity contribution in [2.45, 2.75) is 6.54 Å². The summed E-state index contributed by atoms with van der Waals surface area (Å²) < 4.78 is 0. The average Bonchev–Trinajstić information content (AvgIpc) is 2.41. The third kappa shape index (κ3) is 2.09. The minimum Gasteiger partial charge on any atom is -0.260 e. The summed E-state index contributed by atoms with van der Waals surface area (Å²) >= 11 is 12.2. The highest BCUT2D eigenvalue weighted by molar-refractivity contribution is 6.35. The number of halogens is 2. The van der Waals surface area contributed by atoms with Gasteiger partial charge in [-0.2, -0.15) is 5.10 Å². The Morgan fingerprint density at radius 2 is 1.89 bits per heavy atom. The van der Waals surface area contributed by atoms with Crippen molar-refractivity contribution in [1.82, 2.24) is 0 Å². The molecule has 0 saturated heterocycles. The van der Waals surface area contributed by atoms with Gasteiger partial charge in [0, 0.05) is 5.02 Å². The summed E-state index contributed by atoms with van der Waals surface area (Å²) in [5.74, 6) is 0. The van der Waals surface area contributed by atoms with E-state index in [-0.39, 0.29) is 0 Å². The lowest BCUT2D eigenvalue weighted by Gasteiger charge is -2.24. The fraction of sp³-hybridized carbons (Fsp3) is 0.0714. The first-order valence-electron chi connectivity index (χ1n) is 5.58. The van der Waals surface area contributed by atoms with Crippen molar-refractivity contribution in [2.75, 3.05) is 5.01 Å². The highest BCUT2D eigenvalue weighted by Crippen LogP contribution is 2.31. The Labute approximate surface area is 115 Å². The Balaban J connectivity index is 1.99. The van der Waals surface area contributed by atoms with Crippen LogP contribution in [0.3, 0.4) is 0 Å². The molecule has 2 nitrogen and oxygen atoms in total. The van der Waals surface area contributed by atoms with Crippen molar-refractivity contribution >= 4 is 35.1 Å². The van der Waals surface area contributed by atoms with Crippen molar-refractivity contribution in [2.24, 2.45) is 5.10 Å². The molecule has 0 aromatic heterocycles. The van der Waals surface area contributed by atoms with Crippen molar-refractivity contribution in [1.29, 1.82) is 0 Å². The smallest absolute Gasteiger partial charge is 0.0798 e. The second-order valence-electron chi connectivity index (χ2n) is 4.10. The zero-order valence-corrected chi connectivity index (χ0v) is 11.0. The SMILES string of the molecule is Clc1ccc(Cl)c(N2Cc3ccccc3C=N2)c1. The number of anilines is 1. The summed E-state index contributed by atoms with van der Waals surface area (Å²) in [4.78, 5) is 0. The van der Waals surface area contributed by atoms with Crippen LogP contribution in [-0.4, -0.2) is 6.21 Å². The van der Waals surface area contributed by atoms with Gasteiger partial charge in [-0.1, -0.05) is 47.5 Å². The minimum absolute atomic E-state index is 0.649. The lowest BCUT2D eigenvalue weighted by Crippen LogP contribution is -2.21. The fourth-order valence-corrected chi connectivity index (χ4v) is 2.35. The van der Waals surface area contributed by atoms with Crippen LogP contribution in [0.5, 0.6) is 0 Å². The molecule has 1 aliphatic heterocycles. The van der Waals surface area contributed by atoms with Crippen LogP contribution in [0.4, 0.5) is 5.69 Å². The van der Waals surface area contributed by atoms with Gasteiger partial charge in [0.15, 0.2) is 0 Å². The summed E-state index contributed by atoms with van der Waals surface area (Å²) in [5.41, 5.74) is 3.20. The summed E-state index contributed by atoms with van der Waals surface area (Å²) in [6.07, 6.45) is 1.84. The maximum absolute atomic E-state index is 6.18. The predicted molar refractivity (Wildman–Crippen MR) is 76.7 cm³/mol. The third-order valence-electron chi connectivity index (χ3n) is 2.90. The van der Waals surface area contributed by atoms with E-state index in [0.29, 0.717) is 16.6 Å². The molecule has 4 heteroatoms. The topological polar surface area (TPSA) is 15.6 Å². The number of nitrogens with zero attached hydrogens (tertiary/aromatic N) is 2. The van der Waals surface area contributed by atoms with Crippen molar-refractivity contribution in [3.8, 4) is 0 Å². The van der Waals surface area contributed by atoms with Crippen molar-refractivity contribution in [3.63, 3.8) is 0 Å². The molecule has 90 valence electrons. The Morgan fingerprint density at radius 3 is 2.78 bits per heavy atom. The van der Waals surface area contributed by atoms with Crippen LogP contribution in [0.2, 0.25) is 10.0 Å². The van der Waals surface area contributed by atoms with Crippen LogP contribution in [0, 0.1) is 0 Å². The second-order valence-corrected chi connectivity index (χ2v) is 4.94. The molecule has 0 fully saturated rings. The Bertz CT molecular complexity index is 623. The van der Waals surface area contributed by atoms with Gasteiger partial charge < -0.3 is 0 Å². The van der Waals surface area contributed by atoms with E-state index < -0.39 is 0 Å². The first-order chi connectivity index (χ1) is 8.74. The van der Waals surface area contributed by atoms with Gasteiger partial charge in [0.2, 0.25) is 0 Å². The molecule has 1 heterocycles. The standard InChI is InChI=1S/C14H10Cl2N2/c15-12-5-6-13(16)14(7-12)18-9-11-4-2-1-3-10(11)8-17-18/h1-8H,9H2. The molecule has 0 amide bonds. The number of rotatable bonds is 1. The maximum Gasteiger partial charge on any atom is 0.0798 e. The molecular weight excluding hydrogens is 267 g/mol. The van der Waals surface area contributed by atoms with Crippen molar-refractivity contribution in [3.05, 3.63) is 63.6 Å².